The standard InChI is InChI=1S/C17H14FNO/c1-12-2-4-13(5-3-12)17(20)11-19-9-8-14-10-15(18)6-7-16(14)19/h2-10H,11H2,1H3. The number of hydrogen-bond acceptors (Lipinski definition) is 1. The quantitative estimate of drug-likeness (QED) is 0.658. The van der Waals surface area contributed by atoms with E-state index in [2.05, 4.69) is 0 Å². The van der Waals surface area contributed by atoms with Crippen LogP contribution in [0.25, 0.3) is 10.9 Å². The van der Waals surface area contributed by atoms with E-state index in [0.29, 0.717) is 5.56 Å². The van der Waals surface area contributed by atoms with Crippen LogP contribution in [0.2, 0.25) is 0 Å². The highest BCUT2D eigenvalue weighted by molar-refractivity contribution is 5.96. The Morgan fingerprint density at radius 1 is 1.10 bits per heavy atom. The molecule has 3 aromatic rings. The number of nitrogens with zero attached hydrogens (tertiary/aromatic N) is 1. The van der Waals surface area contributed by atoms with Gasteiger partial charge in [0.2, 0.25) is 0 Å². The SMILES string of the molecule is Cc1ccc(C(=O)Cn2ccc3cc(F)ccc32)cc1. The van der Waals surface area contributed by atoms with Gasteiger partial charge in [0.25, 0.3) is 0 Å². The summed E-state index contributed by atoms with van der Waals surface area (Å²) in [7, 11) is 0. The molecule has 0 N–H and O–H groups in total. The van der Waals surface area contributed by atoms with E-state index in [1.807, 2.05) is 48.0 Å². The van der Waals surface area contributed by atoms with Crippen LogP contribution in [0, 0.1) is 12.7 Å². The van der Waals surface area contributed by atoms with E-state index in [-0.39, 0.29) is 18.1 Å². The number of benzene rings is 2. The lowest BCUT2D eigenvalue weighted by Gasteiger charge is -2.05. The van der Waals surface area contributed by atoms with E-state index >= 15 is 0 Å². The van der Waals surface area contributed by atoms with Gasteiger partial charge >= 0.3 is 0 Å². The summed E-state index contributed by atoms with van der Waals surface area (Å²) in [5, 5.41) is 0.807. The maximum atomic E-state index is 13.1. The minimum Gasteiger partial charge on any atom is -0.340 e. The smallest absolute Gasteiger partial charge is 0.182 e. The van der Waals surface area contributed by atoms with Crippen molar-refractivity contribution in [3.8, 4) is 0 Å². The first-order valence-corrected chi connectivity index (χ1v) is 6.48. The Hall–Kier alpha value is -2.42. The fraction of sp³-hybridized carbons (Fsp3) is 0.118. The number of fused-ring (bicyclic) bond motifs is 1. The zero-order valence-electron chi connectivity index (χ0n) is 11.1. The van der Waals surface area contributed by atoms with Crippen molar-refractivity contribution in [2.24, 2.45) is 0 Å². The van der Waals surface area contributed by atoms with Gasteiger partial charge in [-0.05, 0) is 31.2 Å². The molecule has 2 nitrogen and oxygen atoms in total. The fourth-order valence-corrected chi connectivity index (χ4v) is 2.29. The average Bonchev–Trinajstić information content (AvgIpc) is 2.81. The molecule has 0 spiro atoms. The van der Waals surface area contributed by atoms with Crippen LogP contribution in [-0.4, -0.2) is 10.4 Å². The van der Waals surface area contributed by atoms with Crippen molar-refractivity contribution in [1.82, 2.24) is 4.57 Å². The minimum atomic E-state index is -0.264. The maximum Gasteiger partial charge on any atom is 0.182 e. The molecule has 0 saturated carbocycles. The number of carbonyl (C=O) groups is 1. The second-order valence-corrected chi connectivity index (χ2v) is 4.94. The van der Waals surface area contributed by atoms with Crippen LogP contribution < -0.4 is 0 Å². The van der Waals surface area contributed by atoms with Gasteiger partial charge < -0.3 is 4.57 Å². The second-order valence-electron chi connectivity index (χ2n) is 4.94. The van der Waals surface area contributed by atoms with Gasteiger partial charge in [0.15, 0.2) is 5.78 Å². The maximum absolute atomic E-state index is 13.1. The van der Waals surface area contributed by atoms with E-state index in [0.717, 1.165) is 16.5 Å². The van der Waals surface area contributed by atoms with Gasteiger partial charge in [0, 0.05) is 22.7 Å². The fourth-order valence-electron chi connectivity index (χ4n) is 2.29. The molecule has 3 heteroatoms. The van der Waals surface area contributed by atoms with Crippen LogP contribution in [0.15, 0.2) is 54.7 Å². The Morgan fingerprint density at radius 2 is 1.85 bits per heavy atom. The number of aromatic nitrogens is 1. The Kier molecular flexibility index (Phi) is 3.11. The van der Waals surface area contributed by atoms with Crippen LogP contribution in [0.4, 0.5) is 4.39 Å². The van der Waals surface area contributed by atoms with Crippen LogP contribution in [0.3, 0.4) is 0 Å². The van der Waals surface area contributed by atoms with Gasteiger partial charge in [-0.15, -0.1) is 0 Å². The molecular weight excluding hydrogens is 253 g/mol. The van der Waals surface area contributed by atoms with Gasteiger partial charge in [-0.1, -0.05) is 29.8 Å². The highest BCUT2D eigenvalue weighted by Gasteiger charge is 2.09. The third-order valence-electron chi connectivity index (χ3n) is 3.42. The Labute approximate surface area is 116 Å². The molecule has 1 heterocycles. The number of aryl methyl sites for hydroxylation is 1. The number of ketones is 1. The number of halogens is 1. The van der Waals surface area contributed by atoms with Gasteiger partial charge in [0.05, 0.1) is 6.54 Å². The molecule has 0 atom stereocenters. The summed E-state index contributed by atoms with van der Waals surface area (Å²) < 4.78 is 15.0. The second kappa shape index (κ2) is 4.93. The molecule has 0 bridgehead atoms. The molecule has 0 aliphatic carbocycles. The number of rotatable bonds is 3. The van der Waals surface area contributed by atoms with E-state index in [1.54, 1.807) is 6.07 Å². The molecule has 0 amide bonds. The summed E-state index contributed by atoms with van der Waals surface area (Å²) in [6.45, 7) is 2.25. The first kappa shape index (κ1) is 12.6. The Balaban J connectivity index is 1.89. The van der Waals surface area contributed by atoms with Crippen molar-refractivity contribution >= 4 is 16.7 Å². The predicted molar refractivity (Wildman–Crippen MR) is 77.4 cm³/mol. The summed E-state index contributed by atoms with van der Waals surface area (Å²) in [6.07, 6.45) is 1.82. The lowest BCUT2D eigenvalue weighted by molar-refractivity contribution is 0.0973. The number of hydrogen-bond donors (Lipinski definition) is 0. The molecule has 100 valence electrons. The molecule has 20 heavy (non-hydrogen) atoms. The number of Topliss-reactive ketones (excluding diaryl/α,β-unsaturated/α-hetero) is 1. The zero-order valence-corrected chi connectivity index (χ0v) is 11.1. The van der Waals surface area contributed by atoms with Crippen molar-refractivity contribution in [1.29, 1.82) is 0 Å². The van der Waals surface area contributed by atoms with Crippen molar-refractivity contribution < 1.29 is 9.18 Å². The monoisotopic (exact) mass is 267 g/mol. The van der Waals surface area contributed by atoms with E-state index < -0.39 is 0 Å². The van der Waals surface area contributed by atoms with Crippen LogP contribution in [0.5, 0.6) is 0 Å². The van der Waals surface area contributed by atoms with E-state index in [1.165, 1.54) is 12.1 Å². The molecule has 0 fully saturated rings. The summed E-state index contributed by atoms with van der Waals surface area (Å²) in [6, 6.07) is 13.9. The molecule has 0 saturated heterocycles. The summed E-state index contributed by atoms with van der Waals surface area (Å²) in [4.78, 5) is 12.2. The van der Waals surface area contributed by atoms with Crippen molar-refractivity contribution in [3.63, 3.8) is 0 Å². The molecular formula is C17H14FNO. The third-order valence-corrected chi connectivity index (χ3v) is 3.42. The summed E-state index contributed by atoms with van der Waals surface area (Å²) in [5.41, 5.74) is 2.69. The van der Waals surface area contributed by atoms with Crippen LogP contribution >= 0.6 is 0 Å². The molecule has 0 aliphatic heterocycles. The lowest BCUT2D eigenvalue weighted by atomic mass is 10.1. The summed E-state index contributed by atoms with van der Waals surface area (Å²) in [5.74, 6) is -0.216. The summed E-state index contributed by atoms with van der Waals surface area (Å²) >= 11 is 0. The number of carbonyl (C=O) groups excluding carboxylic acids is 1. The van der Waals surface area contributed by atoms with Gasteiger partial charge in [0.1, 0.15) is 5.82 Å². The van der Waals surface area contributed by atoms with Gasteiger partial charge in [-0.2, -0.15) is 0 Å². The molecule has 0 radical (unpaired) electrons. The van der Waals surface area contributed by atoms with Crippen LogP contribution in [0.1, 0.15) is 15.9 Å². The van der Waals surface area contributed by atoms with Crippen molar-refractivity contribution in [2.75, 3.05) is 0 Å². The first-order chi connectivity index (χ1) is 9.63. The Bertz CT molecular complexity index is 771. The lowest BCUT2D eigenvalue weighted by Crippen LogP contribution is -2.09. The highest BCUT2D eigenvalue weighted by Crippen LogP contribution is 2.17. The van der Waals surface area contributed by atoms with Crippen LogP contribution in [-0.2, 0) is 6.54 Å². The Morgan fingerprint density at radius 3 is 2.60 bits per heavy atom. The highest BCUT2D eigenvalue weighted by atomic mass is 19.1. The third kappa shape index (κ3) is 2.35. The predicted octanol–water partition coefficient (Wildman–Crippen LogP) is 3.97. The molecule has 0 aliphatic rings. The van der Waals surface area contributed by atoms with Gasteiger partial charge in [-0.25, -0.2) is 4.39 Å². The average molecular weight is 267 g/mol. The molecule has 1 aromatic heterocycles. The van der Waals surface area contributed by atoms with Crippen molar-refractivity contribution in [3.05, 3.63) is 71.7 Å². The van der Waals surface area contributed by atoms with Gasteiger partial charge in [-0.3, -0.25) is 4.79 Å². The zero-order chi connectivity index (χ0) is 14.1. The molecule has 0 unspecified atom stereocenters. The molecule has 2 aromatic carbocycles. The van der Waals surface area contributed by atoms with Crippen molar-refractivity contribution in [2.45, 2.75) is 13.5 Å². The minimum absolute atomic E-state index is 0.0480. The van der Waals surface area contributed by atoms with E-state index in [9.17, 15) is 9.18 Å². The molecule has 3 rings (SSSR count). The first-order valence-electron chi connectivity index (χ1n) is 6.48. The normalized spacial score (nSPS) is 10.9. The topological polar surface area (TPSA) is 22.0 Å². The largest absolute Gasteiger partial charge is 0.340 e. The van der Waals surface area contributed by atoms with E-state index in [4.69, 9.17) is 0 Å².